The molecule has 2 heterocycles. The lowest BCUT2D eigenvalue weighted by Crippen LogP contribution is -2.54. The van der Waals surface area contributed by atoms with Gasteiger partial charge in [-0.15, -0.1) is 11.3 Å². The fourth-order valence-corrected chi connectivity index (χ4v) is 5.08. The van der Waals surface area contributed by atoms with Gasteiger partial charge < -0.3 is 10.1 Å². The van der Waals surface area contributed by atoms with Crippen molar-refractivity contribution in [1.29, 1.82) is 0 Å². The van der Waals surface area contributed by atoms with Crippen LogP contribution in [0.15, 0.2) is 60.7 Å². The van der Waals surface area contributed by atoms with Gasteiger partial charge in [0.25, 0.3) is 0 Å². The Morgan fingerprint density at radius 1 is 1.15 bits per heavy atom. The summed E-state index contributed by atoms with van der Waals surface area (Å²) < 4.78 is 7.17. The first-order valence-electron chi connectivity index (χ1n) is 9.82. The molecule has 0 aliphatic carbocycles. The zero-order valence-electron chi connectivity index (χ0n) is 15.9. The molecule has 4 rings (SSSR count). The van der Waals surface area contributed by atoms with E-state index >= 15 is 0 Å². The molecule has 2 unspecified atom stereocenters. The van der Waals surface area contributed by atoms with Crippen LogP contribution in [0.25, 0.3) is 10.1 Å². The van der Waals surface area contributed by atoms with Gasteiger partial charge in [-0.05, 0) is 43.0 Å². The van der Waals surface area contributed by atoms with E-state index in [4.69, 9.17) is 4.74 Å². The molecule has 27 heavy (non-hydrogen) atoms. The number of hydrogen-bond donors (Lipinski definition) is 1. The van der Waals surface area contributed by atoms with Crippen LogP contribution in [-0.4, -0.2) is 43.8 Å². The quantitative estimate of drug-likeness (QED) is 0.660. The van der Waals surface area contributed by atoms with Gasteiger partial charge in [0.15, 0.2) is 0 Å². The van der Waals surface area contributed by atoms with Gasteiger partial charge >= 0.3 is 0 Å². The Hall–Kier alpha value is -1.72. The highest BCUT2D eigenvalue weighted by atomic mass is 32.1. The van der Waals surface area contributed by atoms with Gasteiger partial charge in [0.2, 0.25) is 0 Å². The lowest BCUT2D eigenvalue weighted by molar-refractivity contribution is 0.0371. The molecule has 2 aromatic carbocycles. The number of nitrogens with zero attached hydrogens (tertiary/aromatic N) is 1. The zero-order chi connectivity index (χ0) is 18.5. The van der Waals surface area contributed by atoms with E-state index in [1.165, 1.54) is 20.5 Å². The van der Waals surface area contributed by atoms with Crippen molar-refractivity contribution in [3.8, 4) is 0 Å². The second-order valence-electron chi connectivity index (χ2n) is 7.39. The van der Waals surface area contributed by atoms with Crippen molar-refractivity contribution < 1.29 is 4.74 Å². The van der Waals surface area contributed by atoms with Crippen molar-refractivity contribution in [1.82, 2.24) is 10.2 Å². The number of ether oxygens (including phenoxy) is 1. The summed E-state index contributed by atoms with van der Waals surface area (Å²) in [5, 5.41) is 5.05. The second-order valence-corrected chi connectivity index (χ2v) is 8.56. The maximum Gasteiger partial charge on any atom is 0.0635 e. The minimum absolute atomic E-state index is 0.391. The molecule has 3 nitrogen and oxygen atoms in total. The molecule has 1 fully saturated rings. The van der Waals surface area contributed by atoms with Gasteiger partial charge in [-0.3, -0.25) is 4.90 Å². The van der Waals surface area contributed by atoms with Crippen molar-refractivity contribution in [2.75, 3.05) is 26.8 Å². The second kappa shape index (κ2) is 8.98. The molecule has 0 spiro atoms. The largest absolute Gasteiger partial charge is 0.378 e. The Balaban J connectivity index is 1.46. The van der Waals surface area contributed by atoms with Gasteiger partial charge in [0.1, 0.15) is 0 Å². The fourth-order valence-electron chi connectivity index (χ4n) is 4.00. The minimum atomic E-state index is 0.391. The van der Waals surface area contributed by atoms with Crippen LogP contribution in [0.5, 0.6) is 0 Å². The standard InChI is InChI=1S/C23H28N2OS/c1-25(16-18-7-3-2-4-8-18)22(21-17-26-14-13-24-21)12-11-20-15-19-9-5-6-10-23(19)27-20/h2-10,15,21-22,24H,11-14,16-17H2,1H3. The minimum Gasteiger partial charge on any atom is -0.378 e. The van der Waals surface area contributed by atoms with Gasteiger partial charge in [-0.25, -0.2) is 0 Å². The highest BCUT2D eigenvalue weighted by molar-refractivity contribution is 7.19. The van der Waals surface area contributed by atoms with Crippen LogP contribution in [0.2, 0.25) is 0 Å². The average Bonchev–Trinajstić information content (AvgIpc) is 3.13. The number of benzene rings is 2. The molecule has 0 saturated carbocycles. The Morgan fingerprint density at radius 3 is 2.74 bits per heavy atom. The molecule has 1 aliphatic rings. The van der Waals surface area contributed by atoms with Crippen molar-refractivity contribution >= 4 is 21.4 Å². The SMILES string of the molecule is CN(Cc1ccccc1)C(CCc1cc2ccccc2s1)C1COCCN1. The number of nitrogens with one attached hydrogen (secondary N) is 1. The third-order valence-electron chi connectivity index (χ3n) is 5.42. The van der Waals surface area contributed by atoms with E-state index in [1.807, 2.05) is 11.3 Å². The van der Waals surface area contributed by atoms with Crippen LogP contribution in [-0.2, 0) is 17.7 Å². The average molecular weight is 381 g/mol. The van der Waals surface area contributed by atoms with Crippen LogP contribution in [0.4, 0.5) is 0 Å². The molecule has 142 valence electrons. The molecule has 0 bridgehead atoms. The summed E-state index contributed by atoms with van der Waals surface area (Å²) in [6.45, 7) is 3.54. The summed E-state index contributed by atoms with van der Waals surface area (Å²) in [7, 11) is 2.25. The summed E-state index contributed by atoms with van der Waals surface area (Å²) in [4.78, 5) is 3.97. The molecular weight excluding hydrogens is 352 g/mol. The maximum absolute atomic E-state index is 5.78. The first kappa shape index (κ1) is 18.6. The van der Waals surface area contributed by atoms with Gasteiger partial charge in [-0.2, -0.15) is 0 Å². The van der Waals surface area contributed by atoms with Gasteiger partial charge in [0, 0.05) is 34.8 Å². The van der Waals surface area contributed by atoms with E-state index in [0.29, 0.717) is 12.1 Å². The van der Waals surface area contributed by atoms with Crippen LogP contribution in [0, 0.1) is 0 Å². The van der Waals surface area contributed by atoms with Crippen molar-refractivity contribution in [2.45, 2.75) is 31.5 Å². The van der Waals surface area contributed by atoms with Crippen LogP contribution < -0.4 is 5.32 Å². The molecule has 1 N–H and O–H groups in total. The molecule has 1 aromatic heterocycles. The molecule has 0 amide bonds. The molecule has 1 aliphatic heterocycles. The number of morpholine rings is 1. The molecule has 0 radical (unpaired) electrons. The normalized spacial score (nSPS) is 18.8. The molecule has 3 aromatic rings. The summed E-state index contributed by atoms with van der Waals surface area (Å²) in [5.41, 5.74) is 1.36. The number of rotatable bonds is 7. The van der Waals surface area contributed by atoms with Crippen LogP contribution in [0.1, 0.15) is 16.9 Å². The van der Waals surface area contributed by atoms with Gasteiger partial charge in [0.05, 0.1) is 13.2 Å². The third-order valence-corrected chi connectivity index (χ3v) is 6.59. The van der Waals surface area contributed by atoms with E-state index < -0.39 is 0 Å². The number of hydrogen-bond acceptors (Lipinski definition) is 4. The van der Waals surface area contributed by atoms with E-state index in [2.05, 4.69) is 77.9 Å². The number of fused-ring (bicyclic) bond motifs is 1. The fraction of sp³-hybridized carbons (Fsp3) is 0.391. The van der Waals surface area contributed by atoms with Crippen LogP contribution in [0.3, 0.4) is 0 Å². The van der Waals surface area contributed by atoms with E-state index in [1.54, 1.807) is 0 Å². The monoisotopic (exact) mass is 380 g/mol. The first-order valence-corrected chi connectivity index (χ1v) is 10.6. The molecular formula is C23H28N2OS. The Labute approximate surface area is 166 Å². The Bertz CT molecular complexity index is 809. The van der Waals surface area contributed by atoms with Gasteiger partial charge in [-0.1, -0.05) is 48.5 Å². The molecule has 1 saturated heterocycles. The van der Waals surface area contributed by atoms with E-state index in [9.17, 15) is 0 Å². The lowest BCUT2D eigenvalue weighted by atomic mass is 9.99. The van der Waals surface area contributed by atoms with E-state index in [-0.39, 0.29) is 0 Å². The van der Waals surface area contributed by atoms with E-state index in [0.717, 1.165) is 39.1 Å². The highest BCUT2D eigenvalue weighted by Crippen LogP contribution is 2.27. The summed E-state index contributed by atoms with van der Waals surface area (Å²) in [5.74, 6) is 0. The predicted octanol–water partition coefficient (Wildman–Crippen LogP) is 4.32. The highest BCUT2D eigenvalue weighted by Gasteiger charge is 2.27. The molecule has 4 heteroatoms. The number of thiophene rings is 1. The number of likely N-dealkylation sites (N-methyl/N-ethyl adjacent to an activating group) is 1. The van der Waals surface area contributed by atoms with Crippen molar-refractivity contribution in [3.63, 3.8) is 0 Å². The summed E-state index contributed by atoms with van der Waals surface area (Å²) >= 11 is 1.93. The zero-order valence-corrected chi connectivity index (χ0v) is 16.8. The summed E-state index contributed by atoms with van der Waals surface area (Å²) in [6.07, 6.45) is 2.25. The Morgan fingerprint density at radius 2 is 1.96 bits per heavy atom. The summed E-state index contributed by atoms with van der Waals surface area (Å²) in [6, 6.07) is 22.6. The van der Waals surface area contributed by atoms with Crippen molar-refractivity contribution in [2.24, 2.45) is 0 Å². The maximum atomic E-state index is 5.78. The topological polar surface area (TPSA) is 24.5 Å². The smallest absolute Gasteiger partial charge is 0.0635 e. The number of aryl methyl sites for hydroxylation is 1. The first-order chi connectivity index (χ1) is 13.3. The van der Waals surface area contributed by atoms with Crippen LogP contribution >= 0.6 is 11.3 Å². The predicted molar refractivity (Wildman–Crippen MR) is 114 cm³/mol. The lowest BCUT2D eigenvalue weighted by Gasteiger charge is -2.37. The van der Waals surface area contributed by atoms with Crippen molar-refractivity contribution in [3.05, 3.63) is 71.1 Å². The Kier molecular flexibility index (Phi) is 6.20. The third kappa shape index (κ3) is 4.77. The molecule has 2 atom stereocenters.